The molecule has 0 radical (unpaired) electrons. The van der Waals surface area contributed by atoms with Crippen LogP contribution in [-0.2, 0) is 12.8 Å². The van der Waals surface area contributed by atoms with Crippen LogP contribution < -0.4 is 4.74 Å². The summed E-state index contributed by atoms with van der Waals surface area (Å²) in [6.07, 6.45) is 1.77. The number of para-hydroxylation sites is 1. The van der Waals surface area contributed by atoms with Crippen LogP contribution in [0.1, 0.15) is 35.5 Å². The highest BCUT2D eigenvalue weighted by Crippen LogP contribution is 2.31. The Labute approximate surface area is 124 Å². The van der Waals surface area contributed by atoms with E-state index in [1.54, 1.807) is 0 Å². The fourth-order valence-electron chi connectivity index (χ4n) is 2.57. The Morgan fingerprint density at radius 2 is 2.10 bits per heavy atom. The lowest BCUT2D eigenvalue weighted by Gasteiger charge is -2.24. The molecule has 0 N–H and O–H groups in total. The van der Waals surface area contributed by atoms with Crippen LogP contribution in [0.2, 0.25) is 5.15 Å². The van der Waals surface area contributed by atoms with Gasteiger partial charge in [-0.05, 0) is 31.4 Å². The molecule has 0 aliphatic carbocycles. The lowest BCUT2D eigenvalue weighted by atomic mass is 9.96. The Morgan fingerprint density at radius 3 is 2.90 bits per heavy atom. The molecule has 4 heteroatoms. The summed E-state index contributed by atoms with van der Waals surface area (Å²) in [6, 6.07) is 8.13. The van der Waals surface area contributed by atoms with Gasteiger partial charge in [0.15, 0.2) is 0 Å². The molecule has 104 valence electrons. The third-order valence-corrected chi connectivity index (χ3v) is 4.15. The summed E-state index contributed by atoms with van der Waals surface area (Å²) in [5, 5.41) is 0.561. The average molecular weight is 289 g/mol. The molecule has 1 atom stereocenters. The number of fused-ring (bicyclic) bond motifs is 1. The van der Waals surface area contributed by atoms with Gasteiger partial charge in [-0.3, -0.25) is 0 Å². The molecular formula is C16H17ClN2O. The van der Waals surface area contributed by atoms with Crippen LogP contribution in [0.4, 0.5) is 0 Å². The molecule has 1 aromatic carbocycles. The number of ether oxygens (including phenoxy) is 1. The van der Waals surface area contributed by atoms with Crippen LogP contribution in [0.5, 0.6) is 5.75 Å². The second kappa shape index (κ2) is 5.41. The zero-order valence-electron chi connectivity index (χ0n) is 11.7. The molecule has 0 saturated carbocycles. The summed E-state index contributed by atoms with van der Waals surface area (Å²) < 4.78 is 5.81. The highest BCUT2D eigenvalue weighted by molar-refractivity contribution is 6.30. The number of aromatic nitrogens is 2. The van der Waals surface area contributed by atoms with Crippen molar-refractivity contribution >= 4 is 11.6 Å². The standard InChI is InChI=1S/C16H17ClN2O/c1-3-13-10(2)15(17)19-16(18-13)12-8-11-6-4-5-7-14(11)20-9-12/h4-7,12H,3,8-9H2,1-2H3. The maximum atomic E-state index is 6.23. The van der Waals surface area contributed by atoms with Crippen molar-refractivity contribution in [1.82, 2.24) is 9.97 Å². The molecule has 1 unspecified atom stereocenters. The Hall–Kier alpha value is -1.61. The van der Waals surface area contributed by atoms with Gasteiger partial charge in [0.25, 0.3) is 0 Å². The number of nitrogens with zero attached hydrogens (tertiary/aromatic N) is 2. The monoisotopic (exact) mass is 288 g/mol. The van der Waals surface area contributed by atoms with E-state index in [9.17, 15) is 0 Å². The van der Waals surface area contributed by atoms with E-state index in [0.717, 1.165) is 35.7 Å². The van der Waals surface area contributed by atoms with Crippen molar-refractivity contribution in [1.29, 1.82) is 0 Å². The lowest BCUT2D eigenvalue weighted by Crippen LogP contribution is -2.22. The van der Waals surface area contributed by atoms with Gasteiger partial charge in [-0.1, -0.05) is 36.7 Å². The van der Waals surface area contributed by atoms with Gasteiger partial charge in [-0.15, -0.1) is 0 Å². The summed E-state index contributed by atoms with van der Waals surface area (Å²) >= 11 is 6.23. The van der Waals surface area contributed by atoms with Gasteiger partial charge in [0.2, 0.25) is 0 Å². The minimum absolute atomic E-state index is 0.174. The van der Waals surface area contributed by atoms with Crippen LogP contribution in [0.25, 0.3) is 0 Å². The molecule has 2 heterocycles. The number of benzene rings is 1. The highest BCUT2D eigenvalue weighted by Gasteiger charge is 2.24. The molecule has 0 spiro atoms. The van der Waals surface area contributed by atoms with Crippen LogP contribution in [0.3, 0.4) is 0 Å². The summed E-state index contributed by atoms with van der Waals surface area (Å²) in [7, 11) is 0. The van der Waals surface area contributed by atoms with Crippen molar-refractivity contribution < 1.29 is 4.74 Å². The minimum Gasteiger partial charge on any atom is -0.493 e. The molecule has 2 aromatic rings. The van der Waals surface area contributed by atoms with E-state index in [-0.39, 0.29) is 5.92 Å². The fourth-order valence-corrected chi connectivity index (χ4v) is 2.77. The smallest absolute Gasteiger partial charge is 0.137 e. The number of halogens is 1. The first kappa shape index (κ1) is 13.4. The molecule has 0 bridgehead atoms. The predicted molar refractivity (Wildman–Crippen MR) is 79.5 cm³/mol. The van der Waals surface area contributed by atoms with E-state index in [1.807, 2.05) is 25.1 Å². The Balaban J connectivity index is 1.93. The summed E-state index contributed by atoms with van der Waals surface area (Å²) in [4.78, 5) is 9.12. The third kappa shape index (κ3) is 2.38. The molecule has 20 heavy (non-hydrogen) atoms. The Morgan fingerprint density at radius 1 is 1.30 bits per heavy atom. The first-order valence-corrected chi connectivity index (χ1v) is 7.30. The molecule has 0 amide bonds. The van der Waals surface area contributed by atoms with Gasteiger partial charge in [-0.2, -0.15) is 0 Å². The first-order valence-electron chi connectivity index (χ1n) is 6.92. The van der Waals surface area contributed by atoms with Crippen LogP contribution >= 0.6 is 11.6 Å². The normalized spacial score (nSPS) is 17.4. The quantitative estimate of drug-likeness (QED) is 0.790. The molecule has 0 saturated heterocycles. The largest absolute Gasteiger partial charge is 0.493 e. The van der Waals surface area contributed by atoms with E-state index in [0.29, 0.717) is 11.8 Å². The van der Waals surface area contributed by atoms with Gasteiger partial charge in [-0.25, -0.2) is 9.97 Å². The number of rotatable bonds is 2. The SMILES string of the molecule is CCc1nc(C2COc3ccccc3C2)nc(Cl)c1C. The van der Waals surface area contributed by atoms with Crippen molar-refractivity contribution in [2.45, 2.75) is 32.6 Å². The van der Waals surface area contributed by atoms with Crippen molar-refractivity contribution in [3.05, 3.63) is 52.1 Å². The molecule has 1 aliphatic rings. The van der Waals surface area contributed by atoms with Gasteiger partial charge in [0.1, 0.15) is 16.7 Å². The second-order valence-corrected chi connectivity index (χ2v) is 5.48. The molecule has 1 aromatic heterocycles. The third-order valence-electron chi connectivity index (χ3n) is 3.78. The van der Waals surface area contributed by atoms with Gasteiger partial charge < -0.3 is 4.74 Å². The Kier molecular flexibility index (Phi) is 3.62. The van der Waals surface area contributed by atoms with Crippen LogP contribution in [-0.4, -0.2) is 16.6 Å². The van der Waals surface area contributed by atoms with E-state index >= 15 is 0 Å². The van der Waals surface area contributed by atoms with Gasteiger partial charge >= 0.3 is 0 Å². The van der Waals surface area contributed by atoms with E-state index in [2.05, 4.69) is 23.0 Å². The summed E-state index contributed by atoms with van der Waals surface area (Å²) in [6.45, 7) is 4.67. The number of hydrogen-bond acceptors (Lipinski definition) is 3. The summed E-state index contributed by atoms with van der Waals surface area (Å²) in [5.74, 6) is 1.94. The van der Waals surface area contributed by atoms with Crippen LogP contribution in [0.15, 0.2) is 24.3 Å². The summed E-state index contributed by atoms with van der Waals surface area (Å²) in [5.41, 5.74) is 3.22. The highest BCUT2D eigenvalue weighted by atomic mass is 35.5. The van der Waals surface area contributed by atoms with Gasteiger partial charge in [0, 0.05) is 11.3 Å². The minimum atomic E-state index is 0.174. The predicted octanol–water partition coefficient (Wildman–Crippen LogP) is 3.72. The van der Waals surface area contributed by atoms with Crippen molar-refractivity contribution in [3.63, 3.8) is 0 Å². The maximum absolute atomic E-state index is 6.23. The number of aryl methyl sites for hydroxylation is 1. The first-order chi connectivity index (χ1) is 9.69. The maximum Gasteiger partial charge on any atom is 0.137 e. The van der Waals surface area contributed by atoms with E-state index < -0.39 is 0 Å². The molecule has 0 fully saturated rings. The van der Waals surface area contributed by atoms with Crippen molar-refractivity contribution in [2.75, 3.05) is 6.61 Å². The van der Waals surface area contributed by atoms with Crippen molar-refractivity contribution in [3.8, 4) is 5.75 Å². The second-order valence-electron chi connectivity index (χ2n) is 5.12. The zero-order valence-corrected chi connectivity index (χ0v) is 12.4. The Bertz CT molecular complexity index is 642. The fraction of sp³-hybridized carbons (Fsp3) is 0.375. The molecule has 1 aliphatic heterocycles. The molecular weight excluding hydrogens is 272 g/mol. The molecule has 3 rings (SSSR count). The lowest BCUT2D eigenvalue weighted by molar-refractivity contribution is 0.257. The van der Waals surface area contributed by atoms with Gasteiger partial charge in [0.05, 0.1) is 12.5 Å². The van der Waals surface area contributed by atoms with E-state index in [4.69, 9.17) is 16.3 Å². The zero-order chi connectivity index (χ0) is 14.1. The van der Waals surface area contributed by atoms with Crippen LogP contribution in [0, 0.1) is 6.92 Å². The van der Waals surface area contributed by atoms with Crippen molar-refractivity contribution in [2.24, 2.45) is 0 Å². The number of hydrogen-bond donors (Lipinski definition) is 0. The molecule has 3 nitrogen and oxygen atoms in total. The topological polar surface area (TPSA) is 35.0 Å². The average Bonchev–Trinajstić information content (AvgIpc) is 2.49. The van der Waals surface area contributed by atoms with E-state index in [1.165, 1.54) is 5.56 Å².